The highest BCUT2D eigenvalue weighted by atomic mass is 16.6. The number of methoxy groups -OCH3 is 1. The molecule has 0 saturated carbocycles. The fourth-order valence-electron chi connectivity index (χ4n) is 1.50. The number of hydrogen-bond donors (Lipinski definition) is 2. The van der Waals surface area contributed by atoms with E-state index in [9.17, 15) is 10.1 Å². The predicted molar refractivity (Wildman–Crippen MR) is 70.0 cm³/mol. The van der Waals surface area contributed by atoms with E-state index in [-0.39, 0.29) is 11.7 Å². The number of nitro groups is 1. The zero-order valence-electron chi connectivity index (χ0n) is 10.8. The van der Waals surface area contributed by atoms with Crippen LogP contribution >= 0.6 is 0 Å². The fourth-order valence-corrected chi connectivity index (χ4v) is 1.50. The lowest BCUT2D eigenvalue weighted by Crippen LogP contribution is -2.24. The largest absolute Gasteiger partial charge is 0.383 e. The van der Waals surface area contributed by atoms with Crippen LogP contribution in [0, 0.1) is 10.1 Å². The van der Waals surface area contributed by atoms with Crippen LogP contribution in [-0.2, 0) is 4.74 Å². The van der Waals surface area contributed by atoms with E-state index in [1.165, 1.54) is 12.1 Å². The number of aromatic nitrogens is 1. The van der Waals surface area contributed by atoms with Gasteiger partial charge in [0.2, 0.25) is 0 Å². The minimum Gasteiger partial charge on any atom is -0.383 e. The molecule has 0 amide bonds. The number of nitrogens with zero attached hydrogens (tertiary/aromatic N) is 2. The van der Waals surface area contributed by atoms with Gasteiger partial charge in [0.25, 0.3) is 5.69 Å². The molecular weight excluding hydrogens is 236 g/mol. The number of anilines is 2. The van der Waals surface area contributed by atoms with Gasteiger partial charge >= 0.3 is 0 Å². The van der Waals surface area contributed by atoms with Gasteiger partial charge in [-0.25, -0.2) is 4.98 Å². The second kappa shape index (κ2) is 6.75. The molecule has 0 aliphatic heterocycles. The van der Waals surface area contributed by atoms with Crippen LogP contribution in [0.5, 0.6) is 0 Å². The highest BCUT2D eigenvalue weighted by molar-refractivity contribution is 5.54. The minimum atomic E-state index is -0.440. The van der Waals surface area contributed by atoms with Crippen molar-refractivity contribution in [1.29, 1.82) is 0 Å². The van der Waals surface area contributed by atoms with Crippen LogP contribution in [0.1, 0.15) is 13.3 Å². The number of pyridine rings is 1. The van der Waals surface area contributed by atoms with Crippen molar-refractivity contribution >= 4 is 17.3 Å². The molecule has 7 heteroatoms. The van der Waals surface area contributed by atoms with Crippen molar-refractivity contribution in [2.75, 3.05) is 31.4 Å². The molecule has 1 heterocycles. The van der Waals surface area contributed by atoms with Crippen LogP contribution in [0.3, 0.4) is 0 Å². The molecule has 2 N–H and O–H groups in total. The maximum absolute atomic E-state index is 10.8. The van der Waals surface area contributed by atoms with Crippen molar-refractivity contribution in [3.05, 3.63) is 22.2 Å². The van der Waals surface area contributed by atoms with Gasteiger partial charge in [0.1, 0.15) is 11.6 Å². The van der Waals surface area contributed by atoms with E-state index in [1.54, 1.807) is 14.2 Å². The zero-order valence-corrected chi connectivity index (χ0v) is 10.8. The van der Waals surface area contributed by atoms with E-state index in [4.69, 9.17) is 4.74 Å². The van der Waals surface area contributed by atoms with Crippen LogP contribution < -0.4 is 10.6 Å². The molecule has 1 atom stereocenters. The molecule has 0 aromatic carbocycles. The van der Waals surface area contributed by atoms with Gasteiger partial charge in [-0.2, -0.15) is 0 Å². The Morgan fingerprint density at radius 3 is 2.67 bits per heavy atom. The van der Waals surface area contributed by atoms with Crippen LogP contribution in [0.15, 0.2) is 12.1 Å². The first-order valence-corrected chi connectivity index (χ1v) is 5.70. The first kappa shape index (κ1) is 14.2. The maximum Gasteiger partial charge on any atom is 0.276 e. The number of hydrogen-bond acceptors (Lipinski definition) is 6. The van der Waals surface area contributed by atoms with Gasteiger partial charge in [-0.05, 0) is 6.42 Å². The van der Waals surface area contributed by atoms with Gasteiger partial charge in [-0.3, -0.25) is 10.1 Å². The summed E-state index contributed by atoms with van der Waals surface area (Å²) >= 11 is 0. The highest BCUT2D eigenvalue weighted by Gasteiger charge is 2.13. The Bertz CT molecular complexity index is 411. The van der Waals surface area contributed by atoms with E-state index >= 15 is 0 Å². The molecule has 0 aliphatic carbocycles. The Balaban J connectivity index is 2.93. The topological polar surface area (TPSA) is 89.3 Å². The van der Waals surface area contributed by atoms with Gasteiger partial charge in [0.05, 0.1) is 29.7 Å². The van der Waals surface area contributed by atoms with Crippen LogP contribution in [0.4, 0.5) is 17.3 Å². The summed E-state index contributed by atoms with van der Waals surface area (Å²) in [6.07, 6.45) is 0.840. The highest BCUT2D eigenvalue weighted by Crippen LogP contribution is 2.21. The van der Waals surface area contributed by atoms with Crippen LogP contribution in [0.25, 0.3) is 0 Å². The van der Waals surface area contributed by atoms with Crippen molar-refractivity contribution in [1.82, 2.24) is 4.98 Å². The molecule has 0 spiro atoms. The molecule has 0 saturated heterocycles. The standard InChI is InChI=1S/C11H18N4O3/c1-4-8(7-18-3)13-11-6-9(15(16)17)5-10(12-2)14-11/h5-6,8H,4,7H2,1-3H3,(H2,12,13,14). The lowest BCUT2D eigenvalue weighted by atomic mass is 10.2. The van der Waals surface area contributed by atoms with Crippen molar-refractivity contribution in [2.24, 2.45) is 0 Å². The lowest BCUT2D eigenvalue weighted by molar-refractivity contribution is -0.384. The Kier molecular flexibility index (Phi) is 5.31. The zero-order chi connectivity index (χ0) is 13.5. The third kappa shape index (κ3) is 3.85. The number of rotatable bonds is 7. The van der Waals surface area contributed by atoms with Gasteiger partial charge in [0, 0.05) is 14.2 Å². The third-order valence-corrected chi connectivity index (χ3v) is 2.49. The summed E-state index contributed by atoms with van der Waals surface area (Å²) in [5.41, 5.74) is 0.00381. The predicted octanol–water partition coefficient (Wildman–Crippen LogP) is 1.87. The molecule has 0 bridgehead atoms. The van der Waals surface area contributed by atoms with Crippen molar-refractivity contribution in [3.8, 4) is 0 Å². The second-order valence-corrected chi connectivity index (χ2v) is 3.81. The Labute approximate surface area is 106 Å². The Morgan fingerprint density at radius 2 is 2.17 bits per heavy atom. The molecule has 100 valence electrons. The number of nitrogens with one attached hydrogen (secondary N) is 2. The summed E-state index contributed by atoms with van der Waals surface area (Å²) in [5.74, 6) is 0.927. The second-order valence-electron chi connectivity index (χ2n) is 3.81. The van der Waals surface area contributed by atoms with Gasteiger partial charge in [0.15, 0.2) is 0 Å². The SMILES string of the molecule is CCC(COC)Nc1cc([N+](=O)[O-])cc(NC)n1. The molecule has 1 aromatic rings. The lowest BCUT2D eigenvalue weighted by Gasteiger charge is -2.16. The van der Waals surface area contributed by atoms with Gasteiger partial charge < -0.3 is 15.4 Å². The Morgan fingerprint density at radius 1 is 1.50 bits per heavy atom. The van der Waals surface area contributed by atoms with Crippen molar-refractivity contribution < 1.29 is 9.66 Å². The molecule has 0 aliphatic rings. The molecule has 1 aromatic heterocycles. The maximum atomic E-state index is 10.8. The van der Waals surface area contributed by atoms with E-state index < -0.39 is 4.92 Å². The molecule has 0 radical (unpaired) electrons. The Hall–Kier alpha value is -1.89. The average Bonchev–Trinajstić information content (AvgIpc) is 2.37. The monoisotopic (exact) mass is 254 g/mol. The third-order valence-electron chi connectivity index (χ3n) is 2.49. The first-order chi connectivity index (χ1) is 8.60. The summed E-state index contributed by atoms with van der Waals surface area (Å²) in [4.78, 5) is 14.6. The average molecular weight is 254 g/mol. The summed E-state index contributed by atoms with van der Waals surface area (Å²) in [6.45, 7) is 2.53. The number of ether oxygens (including phenoxy) is 1. The summed E-state index contributed by atoms with van der Waals surface area (Å²) < 4.78 is 5.06. The summed E-state index contributed by atoms with van der Waals surface area (Å²) in [7, 11) is 3.28. The van der Waals surface area contributed by atoms with Gasteiger partial charge in [-0.1, -0.05) is 6.92 Å². The van der Waals surface area contributed by atoms with Crippen molar-refractivity contribution in [2.45, 2.75) is 19.4 Å². The minimum absolute atomic E-state index is 0.00381. The van der Waals surface area contributed by atoms with Crippen LogP contribution in [-0.4, -0.2) is 36.7 Å². The normalized spacial score (nSPS) is 11.9. The van der Waals surface area contributed by atoms with Crippen LogP contribution in [0.2, 0.25) is 0 Å². The fraction of sp³-hybridized carbons (Fsp3) is 0.545. The van der Waals surface area contributed by atoms with Gasteiger partial charge in [-0.15, -0.1) is 0 Å². The summed E-state index contributed by atoms with van der Waals surface area (Å²) in [6, 6.07) is 2.89. The quantitative estimate of drug-likeness (QED) is 0.570. The van der Waals surface area contributed by atoms with Crippen molar-refractivity contribution in [3.63, 3.8) is 0 Å². The molecule has 0 fully saturated rings. The smallest absolute Gasteiger partial charge is 0.276 e. The first-order valence-electron chi connectivity index (χ1n) is 5.70. The van der Waals surface area contributed by atoms with E-state index in [0.717, 1.165) is 6.42 Å². The molecular formula is C11H18N4O3. The summed E-state index contributed by atoms with van der Waals surface area (Å²) in [5, 5.41) is 16.7. The molecule has 18 heavy (non-hydrogen) atoms. The molecule has 7 nitrogen and oxygen atoms in total. The molecule has 1 unspecified atom stereocenters. The van der Waals surface area contributed by atoms with E-state index in [0.29, 0.717) is 18.2 Å². The molecule has 1 rings (SSSR count). The van der Waals surface area contributed by atoms with E-state index in [2.05, 4.69) is 15.6 Å². The van der Waals surface area contributed by atoms with E-state index in [1.807, 2.05) is 6.92 Å².